The summed E-state index contributed by atoms with van der Waals surface area (Å²) in [4.78, 5) is 24.4. The van der Waals surface area contributed by atoms with E-state index < -0.39 is 48.4 Å². The molecule has 3 rings (SSSR count). The van der Waals surface area contributed by atoms with Crippen LogP contribution in [-0.2, 0) is 27.3 Å². The molecular formula is C23H28F5N7O4S. The smallest absolute Gasteiger partial charge is 0.406 e. The highest BCUT2D eigenvalue weighted by atomic mass is 32.1. The van der Waals surface area contributed by atoms with Gasteiger partial charge in [-0.2, -0.15) is 0 Å². The van der Waals surface area contributed by atoms with Gasteiger partial charge in [0, 0.05) is 31.3 Å². The van der Waals surface area contributed by atoms with E-state index in [-0.39, 0.29) is 36.0 Å². The Morgan fingerprint density at radius 1 is 1.30 bits per heavy atom. The van der Waals surface area contributed by atoms with Crippen molar-refractivity contribution in [2.45, 2.75) is 57.3 Å². The van der Waals surface area contributed by atoms with Crippen molar-refractivity contribution in [1.29, 1.82) is 0 Å². The molecule has 1 aromatic heterocycles. The third-order valence-corrected chi connectivity index (χ3v) is 6.41. The molecule has 2 heterocycles. The Hall–Kier alpha value is -3.57. The number of ether oxygens (including phenoxy) is 2. The standard InChI is InChI=1S/C23H28F5N7O4S/c24-14(4-7-19-33-34-22(40-19)32-21(37)18-3-1-2-8-38-18)11-35(30)12-17(29)20(36)31-10-13-9-15(5-6-16(13)25)39-23(26,27)28/h5-6,9,12,14,18H,1-4,7-8,10-11,29-30H2,(H,31,36)(H,32,34,37)/b17-12-. The first kappa shape index (κ1) is 31.0. The first-order valence-corrected chi connectivity index (χ1v) is 12.9. The second-order valence-electron chi connectivity index (χ2n) is 8.75. The Morgan fingerprint density at radius 3 is 2.77 bits per heavy atom. The molecule has 220 valence electrons. The lowest BCUT2D eigenvalue weighted by atomic mass is 10.1. The summed E-state index contributed by atoms with van der Waals surface area (Å²) in [6, 6.07) is 2.33. The normalized spacial score (nSPS) is 16.8. The summed E-state index contributed by atoms with van der Waals surface area (Å²) >= 11 is 1.11. The Labute approximate surface area is 229 Å². The van der Waals surface area contributed by atoms with Crippen LogP contribution in [0.2, 0.25) is 0 Å². The van der Waals surface area contributed by atoms with E-state index in [1.54, 1.807) is 0 Å². The maximum Gasteiger partial charge on any atom is 0.573 e. The summed E-state index contributed by atoms with van der Waals surface area (Å²) in [5.41, 5.74) is 4.93. The van der Waals surface area contributed by atoms with Gasteiger partial charge in [-0.25, -0.2) is 14.6 Å². The fourth-order valence-corrected chi connectivity index (χ4v) is 4.35. The monoisotopic (exact) mass is 593 g/mol. The van der Waals surface area contributed by atoms with Gasteiger partial charge in [-0.1, -0.05) is 11.3 Å². The number of halogens is 5. The molecule has 1 aliphatic rings. The van der Waals surface area contributed by atoms with Crippen LogP contribution in [0.3, 0.4) is 0 Å². The number of nitrogens with one attached hydrogen (secondary N) is 2. The SMILES string of the molecule is N/C(=C\N(N)CC(F)CCc1nnc(NC(=O)C2CCCCO2)s1)C(=O)NCc1cc(OC(F)(F)F)ccc1F. The lowest BCUT2D eigenvalue weighted by Gasteiger charge is -2.20. The summed E-state index contributed by atoms with van der Waals surface area (Å²) in [6.07, 6.45) is -3.30. The molecule has 1 aliphatic heterocycles. The number of carbonyl (C=O) groups excluding carboxylic acids is 2. The zero-order chi connectivity index (χ0) is 29.3. The fourth-order valence-electron chi connectivity index (χ4n) is 3.59. The molecule has 17 heteroatoms. The van der Waals surface area contributed by atoms with Gasteiger partial charge in [0.15, 0.2) is 0 Å². The van der Waals surface area contributed by atoms with Crippen molar-refractivity contribution >= 4 is 28.3 Å². The van der Waals surface area contributed by atoms with Crippen molar-refractivity contribution in [2.75, 3.05) is 18.5 Å². The zero-order valence-corrected chi connectivity index (χ0v) is 21.9. The molecule has 11 nitrogen and oxygen atoms in total. The largest absolute Gasteiger partial charge is 0.573 e. The predicted molar refractivity (Wildman–Crippen MR) is 133 cm³/mol. The maximum atomic E-state index is 14.5. The van der Waals surface area contributed by atoms with Crippen molar-refractivity contribution in [3.63, 3.8) is 0 Å². The highest BCUT2D eigenvalue weighted by Gasteiger charge is 2.31. The lowest BCUT2D eigenvalue weighted by Crippen LogP contribution is -2.36. The van der Waals surface area contributed by atoms with E-state index in [1.807, 2.05) is 0 Å². The molecule has 2 amide bonds. The lowest BCUT2D eigenvalue weighted by molar-refractivity contribution is -0.274. The number of hydrogen-bond acceptors (Lipinski definition) is 10. The van der Waals surface area contributed by atoms with Crippen LogP contribution in [0.4, 0.5) is 27.1 Å². The number of alkyl halides is 4. The van der Waals surface area contributed by atoms with Crippen molar-refractivity contribution in [1.82, 2.24) is 20.5 Å². The number of hydrazine groups is 1. The van der Waals surface area contributed by atoms with E-state index in [9.17, 15) is 31.5 Å². The van der Waals surface area contributed by atoms with Crippen molar-refractivity contribution in [3.8, 4) is 5.75 Å². The van der Waals surface area contributed by atoms with E-state index in [1.165, 1.54) is 0 Å². The zero-order valence-electron chi connectivity index (χ0n) is 21.0. The van der Waals surface area contributed by atoms with Gasteiger partial charge in [0.25, 0.3) is 11.8 Å². The van der Waals surface area contributed by atoms with Gasteiger partial charge in [0.1, 0.15) is 34.5 Å². The third kappa shape index (κ3) is 10.2. The summed E-state index contributed by atoms with van der Waals surface area (Å²) in [7, 11) is 0. The van der Waals surface area contributed by atoms with E-state index in [0.29, 0.717) is 18.0 Å². The molecule has 1 saturated heterocycles. The predicted octanol–water partition coefficient (Wildman–Crippen LogP) is 2.65. The molecule has 0 spiro atoms. The Morgan fingerprint density at radius 2 is 2.08 bits per heavy atom. The number of aryl methyl sites for hydroxylation is 1. The molecule has 2 atom stereocenters. The number of anilines is 1. The van der Waals surface area contributed by atoms with Crippen LogP contribution in [0, 0.1) is 5.82 Å². The molecule has 1 aromatic carbocycles. The van der Waals surface area contributed by atoms with Gasteiger partial charge < -0.3 is 25.5 Å². The first-order valence-electron chi connectivity index (χ1n) is 12.1. The molecule has 6 N–H and O–H groups in total. The minimum absolute atomic E-state index is 0.0115. The number of nitrogens with zero attached hydrogens (tertiary/aromatic N) is 3. The third-order valence-electron chi connectivity index (χ3n) is 5.51. The van der Waals surface area contributed by atoms with Crippen LogP contribution in [-0.4, -0.2) is 58.8 Å². The fraction of sp³-hybridized carbons (Fsp3) is 0.478. The molecule has 2 unspecified atom stereocenters. The van der Waals surface area contributed by atoms with Gasteiger partial charge in [-0.3, -0.25) is 14.9 Å². The molecule has 0 bridgehead atoms. The number of hydrogen-bond donors (Lipinski definition) is 4. The van der Waals surface area contributed by atoms with Crippen LogP contribution >= 0.6 is 11.3 Å². The van der Waals surface area contributed by atoms with Crippen LogP contribution in [0.5, 0.6) is 5.75 Å². The van der Waals surface area contributed by atoms with Gasteiger partial charge in [0.2, 0.25) is 5.13 Å². The van der Waals surface area contributed by atoms with Crippen molar-refractivity contribution in [3.05, 3.63) is 46.5 Å². The van der Waals surface area contributed by atoms with Crippen LogP contribution in [0.15, 0.2) is 30.1 Å². The number of nitrogens with two attached hydrogens (primary N) is 2. The number of aromatic nitrogens is 2. The average molecular weight is 594 g/mol. The number of benzene rings is 1. The molecule has 2 aromatic rings. The van der Waals surface area contributed by atoms with Gasteiger partial charge >= 0.3 is 6.36 Å². The first-order chi connectivity index (χ1) is 18.9. The highest BCUT2D eigenvalue weighted by Crippen LogP contribution is 2.25. The number of rotatable bonds is 12. The molecule has 0 saturated carbocycles. The molecule has 1 fully saturated rings. The molecule has 0 radical (unpaired) electrons. The van der Waals surface area contributed by atoms with E-state index in [0.717, 1.165) is 53.6 Å². The topological polar surface area (TPSA) is 158 Å². The summed E-state index contributed by atoms with van der Waals surface area (Å²) in [5, 5.41) is 14.3. The van der Waals surface area contributed by atoms with E-state index in [4.69, 9.17) is 16.3 Å². The molecular weight excluding hydrogens is 565 g/mol. The van der Waals surface area contributed by atoms with E-state index in [2.05, 4.69) is 25.6 Å². The van der Waals surface area contributed by atoms with Gasteiger partial charge in [-0.05, 0) is 43.9 Å². The minimum Gasteiger partial charge on any atom is -0.406 e. The second kappa shape index (κ2) is 14.2. The van der Waals surface area contributed by atoms with Crippen LogP contribution in [0.1, 0.15) is 36.3 Å². The van der Waals surface area contributed by atoms with Crippen LogP contribution in [0.25, 0.3) is 0 Å². The summed E-state index contributed by atoms with van der Waals surface area (Å²) < 4.78 is 74.6. The van der Waals surface area contributed by atoms with Crippen molar-refractivity contribution < 1.29 is 41.0 Å². The van der Waals surface area contributed by atoms with E-state index >= 15 is 0 Å². The second-order valence-corrected chi connectivity index (χ2v) is 9.81. The average Bonchev–Trinajstić information content (AvgIpc) is 3.34. The minimum atomic E-state index is -4.97. The van der Waals surface area contributed by atoms with Crippen LogP contribution < -0.4 is 26.9 Å². The number of amides is 2. The number of carbonyl (C=O) groups is 2. The van der Waals surface area contributed by atoms with Gasteiger partial charge in [-0.15, -0.1) is 23.4 Å². The summed E-state index contributed by atoms with van der Waals surface area (Å²) in [6.45, 7) is -0.303. The Balaban J connectivity index is 1.42. The highest BCUT2D eigenvalue weighted by molar-refractivity contribution is 7.15. The molecule has 40 heavy (non-hydrogen) atoms. The van der Waals surface area contributed by atoms with Gasteiger partial charge in [0.05, 0.1) is 6.54 Å². The molecule has 0 aliphatic carbocycles. The van der Waals surface area contributed by atoms with Crippen molar-refractivity contribution in [2.24, 2.45) is 11.6 Å². The summed E-state index contributed by atoms with van der Waals surface area (Å²) in [5.74, 6) is 2.97. The maximum absolute atomic E-state index is 14.5. The Bertz CT molecular complexity index is 1190. The Kier molecular flexibility index (Phi) is 11.0. The quantitative estimate of drug-likeness (QED) is 0.126.